The first-order valence-electron chi connectivity index (χ1n) is 7.10. The summed E-state index contributed by atoms with van der Waals surface area (Å²) in [5.41, 5.74) is 0.869. The molecule has 0 aliphatic heterocycles. The first-order chi connectivity index (χ1) is 12.1. The Balaban J connectivity index is 1.75. The average Bonchev–Trinajstić information content (AvgIpc) is 3.10. The van der Waals surface area contributed by atoms with Gasteiger partial charge in [-0.05, 0) is 30.3 Å². The van der Waals surface area contributed by atoms with Crippen LogP contribution in [0.4, 0.5) is 10.8 Å². The van der Waals surface area contributed by atoms with Crippen LogP contribution in [0.3, 0.4) is 0 Å². The minimum absolute atomic E-state index is 0.149. The lowest BCUT2D eigenvalue weighted by Crippen LogP contribution is -2.11. The van der Waals surface area contributed by atoms with Crippen LogP contribution in [-0.4, -0.2) is 28.1 Å². The van der Waals surface area contributed by atoms with Crippen LogP contribution < -0.4 is 10.1 Å². The van der Waals surface area contributed by atoms with Gasteiger partial charge in [0.2, 0.25) is 5.13 Å². The Morgan fingerprint density at radius 1 is 1.20 bits per heavy atom. The molecule has 0 aliphatic carbocycles. The summed E-state index contributed by atoms with van der Waals surface area (Å²) in [6.07, 6.45) is 0. The van der Waals surface area contributed by atoms with E-state index in [9.17, 15) is 14.9 Å². The maximum Gasteiger partial charge on any atom is 0.270 e. The second-order valence-corrected chi connectivity index (χ2v) is 5.88. The summed E-state index contributed by atoms with van der Waals surface area (Å²) < 4.78 is 5.10. The number of amides is 1. The Bertz CT molecular complexity index is 924. The van der Waals surface area contributed by atoms with E-state index in [0.717, 1.165) is 11.3 Å². The maximum atomic E-state index is 12.2. The highest BCUT2D eigenvalue weighted by atomic mass is 32.1. The molecule has 2 aromatic carbocycles. The largest absolute Gasteiger partial charge is 0.497 e. The average molecular weight is 356 g/mol. The fourth-order valence-corrected chi connectivity index (χ4v) is 2.80. The van der Waals surface area contributed by atoms with Crippen LogP contribution in [0.25, 0.3) is 10.6 Å². The van der Waals surface area contributed by atoms with Crippen molar-refractivity contribution in [3.8, 4) is 16.3 Å². The predicted octanol–water partition coefficient (Wildman–Crippen LogP) is 3.37. The van der Waals surface area contributed by atoms with Crippen molar-refractivity contribution in [2.45, 2.75) is 0 Å². The molecule has 0 unspecified atom stereocenters. The van der Waals surface area contributed by atoms with Crippen LogP contribution in [0.2, 0.25) is 0 Å². The summed E-state index contributed by atoms with van der Waals surface area (Å²) in [4.78, 5) is 22.4. The van der Waals surface area contributed by atoms with Crippen molar-refractivity contribution in [2.75, 3.05) is 12.4 Å². The van der Waals surface area contributed by atoms with Gasteiger partial charge >= 0.3 is 0 Å². The molecule has 0 saturated carbocycles. The van der Waals surface area contributed by atoms with Crippen LogP contribution >= 0.6 is 11.3 Å². The van der Waals surface area contributed by atoms with Gasteiger partial charge in [-0.25, -0.2) is 0 Å². The second kappa shape index (κ2) is 7.05. The fourth-order valence-electron chi connectivity index (χ4n) is 2.05. The number of nitro groups is 1. The van der Waals surface area contributed by atoms with Gasteiger partial charge in [-0.2, -0.15) is 0 Å². The zero-order valence-electron chi connectivity index (χ0n) is 13.0. The quantitative estimate of drug-likeness (QED) is 0.555. The van der Waals surface area contributed by atoms with Crippen molar-refractivity contribution in [2.24, 2.45) is 0 Å². The van der Waals surface area contributed by atoms with Crippen LogP contribution in [0.15, 0.2) is 48.5 Å². The number of nitro benzene ring substituents is 1. The van der Waals surface area contributed by atoms with E-state index in [4.69, 9.17) is 4.74 Å². The van der Waals surface area contributed by atoms with Gasteiger partial charge in [0.05, 0.1) is 12.0 Å². The van der Waals surface area contributed by atoms with Gasteiger partial charge in [-0.3, -0.25) is 20.2 Å². The lowest BCUT2D eigenvalue weighted by molar-refractivity contribution is -0.384. The van der Waals surface area contributed by atoms with E-state index in [-0.39, 0.29) is 11.3 Å². The standard InChI is InChI=1S/C16H12N4O4S/c1-24-13-7-5-10(6-8-13)15-18-19-16(25-15)17-14(21)11-3-2-4-12(9-11)20(22)23/h2-9H,1H3,(H,17,19,21). The molecule has 1 aromatic heterocycles. The molecule has 25 heavy (non-hydrogen) atoms. The summed E-state index contributed by atoms with van der Waals surface area (Å²) in [5, 5.41) is 22.3. The molecule has 0 aliphatic rings. The Labute approximate surface area is 146 Å². The fraction of sp³-hybridized carbons (Fsp3) is 0.0625. The Morgan fingerprint density at radius 3 is 2.64 bits per heavy atom. The van der Waals surface area contributed by atoms with Gasteiger partial charge in [0.1, 0.15) is 10.8 Å². The molecular weight excluding hydrogens is 344 g/mol. The first kappa shape index (κ1) is 16.5. The second-order valence-electron chi connectivity index (χ2n) is 4.90. The van der Waals surface area contributed by atoms with E-state index in [0.29, 0.717) is 10.1 Å². The number of rotatable bonds is 5. The number of nitrogens with one attached hydrogen (secondary N) is 1. The molecular formula is C16H12N4O4S. The third kappa shape index (κ3) is 3.78. The minimum atomic E-state index is -0.552. The smallest absolute Gasteiger partial charge is 0.270 e. The highest BCUT2D eigenvalue weighted by molar-refractivity contribution is 7.18. The molecule has 0 atom stereocenters. The van der Waals surface area contributed by atoms with E-state index >= 15 is 0 Å². The van der Waals surface area contributed by atoms with Crippen LogP contribution in [-0.2, 0) is 0 Å². The van der Waals surface area contributed by atoms with Crippen LogP contribution in [0.5, 0.6) is 5.75 Å². The van der Waals surface area contributed by atoms with E-state index < -0.39 is 10.8 Å². The van der Waals surface area contributed by atoms with Crippen LogP contribution in [0.1, 0.15) is 10.4 Å². The lowest BCUT2D eigenvalue weighted by atomic mass is 10.2. The number of nitrogens with zero attached hydrogens (tertiary/aromatic N) is 3. The summed E-state index contributed by atoms with van der Waals surface area (Å²) >= 11 is 1.20. The zero-order chi connectivity index (χ0) is 17.8. The van der Waals surface area contributed by atoms with Crippen molar-refractivity contribution in [1.82, 2.24) is 10.2 Å². The third-order valence-corrected chi connectivity index (χ3v) is 4.19. The maximum absolute atomic E-state index is 12.2. The Morgan fingerprint density at radius 2 is 1.96 bits per heavy atom. The highest BCUT2D eigenvalue weighted by Crippen LogP contribution is 2.28. The summed E-state index contributed by atoms with van der Waals surface area (Å²) in [5.74, 6) is 0.244. The molecule has 1 amide bonds. The van der Waals surface area contributed by atoms with Gasteiger partial charge in [-0.1, -0.05) is 17.4 Å². The number of ether oxygens (including phenoxy) is 1. The number of aromatic nitrogens is 2. The van der Waals surface area contributed by atoms with Gasteiger partial charge in [-0.15, -0.1) is 10.2 Å². The van der Waals surface area contributed by atoms with Crippen molar-refractivity contribution >= 4 is 28.1 Å². The van der Waals surface area contributed by atoms with E-state index in [1.54, 1.807) is 19.2 Å². The van der Waals surface area contributed by atoms with Crippen molar-refractivity contribution < 1.29 is 14.5 Å². The number of carbonyl (C=O) groups is 1. The zero-order valence-corrected chi connectivity index (χ0v) is 13.8. The number of benzene rings is 2. The third-order valence-electron chi connectivity index (χ3n) is 3.30. The van der Waals surface area contributed by atoms with E-state index in [1.165, 1.54) is 35.6 Å². The predicted molar refractivity (Wildman–Crippen MR) is 92.9 cm³/mol. The highest BCUT2D eigenvalue weighted by Gasteiger charge is 2.14. The summed E-state index contributed by atoms with van der Waals surface area (Å²) in [6, 6.07) is 12.8. The molecule has 3 aromatic rings. The lowest BCUT2D eigenvalue weighted by Gasteiger charge is -2.01. The first-order valence-corrected chi connectivity index (χ1v) is 7.92. The molecule has 1 N–H and O–H groups in total. The molecule has 126 valence electrons. The molecule has 0 spiro atoms. The molecule has 0 fully saturated rings. The Kier molecular flexibility index (Phi) is 4.66. The molecule has 1 heterocycles. The van der Waals surface area contributed by atoms with Gasteiger partial charge in [0.15, 0.2) is 0 Å². The minimum Gasteiger partial charge on any atom is -0.497 e. The molecule has 0 saturated heterocycles. The summed E-state index contributed by atoms with van der Waals surface area (Å²) in [6.45, 7) is 0. The van der Waals surface area contributed by atoms with Gasteiger partial charge < -0.3 is 4.74 Å². The van der Waals surface area contributed by atoms with Crippen molar-refractivity contribution in [1.29, 1.82) is 0 Å². The molecule has 9 heteroatoms. The number of non-ortho nitro benzene ring substituents is 1. The number of hydrogen-bond acceptors (Lipinski definition) is 7. The van der Waals surface area contributed by atoms with Crippen molar-refractivity contribution in [3.63, 3.8) is 0 Å². The molecule has 0 bridgehead atoms. The van der Waals surface area contributed by atoms with Crippen LogP contribution in [0, 0.1) is 10.1 Å². The monoisotopic (exact) mass is 356 g/mol. The molecule has 3 rings (SSSR count). The van der Waals surface area contributed by atoms with E-state index in [2.05, 4.69) is 15.5 Å². The Hall–Kier alpha value is -3.33. The van der Waals surface area contributed by atoms with Gasteiger partial charge in [0, 0.05) is 23.3 Å². The number of methoxy groups -OCH3 is 1. The SMILES string of the molecule is COc1ccc(-c2nnc(NC(=O)c3cccc([N+](=O)[O-])c3)s2)cc1. The van der Waals surface area contributed by atoms with E-state index in [1.807, 2.05) is 12.1 Å². The molecule has 0 radical (unpaired) electrons. The normalized spacial score (nSPS) is 10.3. The van der Waals surface area contributed by atoms with Gasteiger partial charge in [0.25, 0.3) is 11.6 Å². The number of anilines is 1. The topological polar surface area (TPSA) is 107 Å². The summed E-state index contributed by atoms with van der Waals surface area (Å²) in [7, 11) is 1.58. The number of carbonyl (C=O) groups excluding carboxylic acids is 1. The van der Waals surface area contributed by atoms with Crippen molar-refractivity contribution in [3.05, 3.63) is 64.2 Å². The number of hydrogen-bond donors (Lipinski definition) is 1. The molecule has 8 nitrogen and oxygen atoms in total.